The van der Waals surface area contributed by atoms with E-state index in [1.807, 2.05) is 0 Å². The van der Waals surface area contributed by atoms with Gasteiger partial charge in [0.25, 0.3) is 0 Å². The van der Waals surface area contributed by atoms with Crippen LogP contribution in [0.3, 0.4) is 0 Å². The van der Waals surface area contributed by atoms with Gasteiger partial charge in [-0.2, -0.15) is 0 Å². The summed E-state index contributed by atoms with van der Waals surface area (Å²) in [7, 11) is 0. The number of ketones is 1. The Hall–Kier alpha value is -2.14. The molecule has 1 N–H and O–H groups in total. The molecular formula is C15H11FO3S. The smallest absolute Gasteiger partial charge is 0.335 e. The summed E-state index contributed by atoms with van der Waals surface area (Å²) < 4.78 is 13.7. The molecule has 0 heterocycles. The molecule has 2 aromatic carbocycles. The Bertz CT molecular complexity index is 665. The number of carbonyl (C=O) groups excluding carboxylic acids is 1. The Kier molecular flexibility index (Phi) is 4.20. The minimum absolute atomic E-state index is 0.0363. The van der Waals surface area contributed by atoms with E-state index in [1.54, 1.807) is 24.3 Å². The van der Waals surface area contributed by atoms with Gasteiger partial charge in [0.05, 0.1) is 5.56 Å². The average molecular weight is 290 g/mol. The van der Waals surface area contributed by atoms with Gasteiger partial charge < -0.3 is 5.11 Å². The first-order valence-electron chi connectivity index (χ1n) is 5.79. The van der Waals surface area contributed by atoms with E-state index in [4.69, 9.17) is 5.11 Å². The summed E-state index contributed by atoms with van der Waals surface area (Å²) in [6, 6.07) is 10.4. The molecule has 0 bridgehead atoms. The van der Waals surface area contributed by atoms with Crippen molar-refractivity contribution >= 4 is 23.5 Å². The van der Waals surface area contributed by atoms with E-state index < -0.39 is 11.8 Å². The largest absolute Gasteiger partial charge is 0.478 e. The molecule has 3 nitrogen and oxygen atoms in total. The average Bonchev–Trinajstić information content (AvgIpc) is 2.41. The maximum Gasteiger partial charge on any atom is 0.335 e. The van der Waals surface area contributed by atoms with Crippen LogP contribution in [0.15, 0.2) is 52.3 Å². The van der Waals surface area contributed by atoms with Crippen LogP contribution in [0, 0.1) is 5.82 Å². The van der Waals surface area contributed by atoms with E-state index in [2.05, 4.69) is 0 Å². The molecule has 0 aliphatic rings. The third-order valence-electron chi connectivity index (χ3n) is 2.67. The van der Waals surface area contributed by atoms with E-state index in [9.17, 15) is 14.0 Å². The van der Waals surface area contributed by atoms with E-state index >= 15 is 0 Å². The van der Waals surface area contributed by atoms with Crippen LogP contribution >= 0.6 is 11.8 Å². The summed E-state index contributed by atoms with van der Waals surface area (Å²) in [6.07, 6.45) is 0. The van der Waals surface area contributed by atoms with Gasteiger partial charge in [-0.05, 0) is 37.3 Å². The molecule has 2 rings (SSSR count). The van der Waals surface area contributed by atoms with Crippen molar-refractivity contribution in [3.63, 3.8) is 0 Å². The minimum Gasteiger partial charge on any atom is -0.478 e. The van der Waals surface area contributed by atoms with Gasteiger partial charge in [-0.3, -0.25) is 4.79 Å². The van der Waals surface area contributed by atoms with Crippen molar-refractivity contribution in [2.75, 3.05) is 0 Å². The second-order valence-corrected chi connectivity index (χ2v) is 5.25. The fourth-order valence-electron chi connectivity index (χ4n) is 1.60. The Morgan fingerprint density at radius 1 is 1.05 bits per heavy atom. The standard InChI is InChI=1S/C15H11FO3S/c1-9(17)10-2-5-12(6-3-10)20-14-8-11(15(18)19)4-7-13(14)16/h2-8H,1H3,(H,18,19). The molecule has 2 aromatic rings. The Morgan fingerprint density at radius 2 is 1.65 bits per heavy atom. The molecule has 0 spiro atoms. The summed E-state index contributed by atoms with van der Waals surface area (Å²) in [6.45, 7) is 1.47. The van der Waals surface area contributed by atoms with Crippen molar-refractivity contribution in [1.29, 1.82) is 0 Å². The number of rotatable bonds is 4. The second kappa shape index (κ2) is 5.88. The number of halogens is 1. The number of Topliss-reactive ketones (excluding diaryl/α,β-unsaturated/α-hetero) is 1. The van der Waals surface area contributed by atoms with Gasteiger partial charge in [0.15, 0.2) is 5.78 Å². The molecule has 0 fully saturated rings. The summed E-state index contributed by atoms with van der Waals surface area (Å²) in [5.74, 6) is -1.62. The van der Waals surface area contributed by atoms with Gasteiger partial charge in [-0.15, -0.1) is 0 Å². The number of benzene rings is 2. The highest BCUT2D eigenvalue weighted by Gasteiger charge is 2.10. The summed E-state index contributed by atoms with van der Waals surface area (Å²) >= 11 is 1.12. The zero-order valence-electron chi connectivity index (χ0n) is 10.6. The van der Waals surface area contributed by atoms with Crippen molar-refractivity contribution in [1.82, 2.24) is 0 Å². The van der Waals surface area contributed by atoms with Gasteiger partial charge in [0.1, 0.15) is 5.82 Å². The molecule has 5 heteroatoms. The van der Waals surface area contributed by atoms with Crippen molar-refractivity contribution in [2.45, 2.75) is 16.7 Å². The molecule has 0 aliphatic carbocycles. The third kappa shape index (κ3) is 3.24. The minimum atomic E-state index is -1.10. The zero-order chi connectivity index (χ0) is 14.7. The summed E-state index contributed by atoms with van der Waals surface area (Å²) in [5, 5.41) is 8.89. The zero-order valence-corrected chi connectivity index (χ0v) is 11.4. The molecule has 0 saturated heterocycles. The molecule has 20 heavy (non-hydrogen) atoms. The van der Waals surface area contributed by atoms with Gasteiger partial charge in [0, 0.05) is 15.4 Å². The fraction of sp³-hybridized carbons (Fsp3) is 0.0667. The molecule has 0 radical (unpaired) electrons. The van der Waals surface area contributed by atoms with Gasteiger partial charge >= 0.3 is 5.97 Å². The highest BCUT2D eigenvalue weighted by atomic mass is 32.2. The predicted octanol–water partition coefficient (Wildman–Crippen LogP) is 3.88. The van der Waals surface area contributed by atoms with E-state index in [1.165, 1.54) is 19.1 Å². The maximum atomic E-state index is 13.7. The first-order chi connectivity index (χ1) is 9.47. The topological polar surface area (TPSA) is 54.4 Å². The Balaban J connectivity index is 2.27. The van der Waals surface area contributed by atoms with E-state index in [0.717, 1.165) is 22.7 Å². The molecule has 0 amide bonds. The van der Waals surface area contributed by atoms with Crippen LogP contribution in [-0.4, -0.2) is 16.9 Å². The number of carbonyl (C=O) groups is 2. The number of carboxylic acid groups (broad SMARTS) is 1. The number of hydrogen-bond donors (Lipinski definition) is 1. The molecule has 102 valence electrons. The second-order valence-electron chi connectivity index (χ2n) is 4.13. The molecular weight excluding hydrogens is 279 g/mol. The first kappa shape index (κ1) is 14.3. The highest BCUT2D eigenvalue weighted by molar-refractivity contribution is 7.99. The molecule has 0 atom stereocenters. The number of aromatic carboxylic acids is 1. The normalized spacial score (nSPS) is 10.3. The lowest BCUT2D eigenvalue weighted by atomic mass is 10.2. The van der Waals surface area contributed by atoms with Crippen LogP contribution in [0.1, 0.15) is 27.6 Å². The van der Waals surface area contributed by atoms with Gasteiger partial charge in [-0.25, -0.2) is 9.18 Å². The van der Waals surface area contributed by atoms with Crippen LogP contribution in [-0.2, 0) is 0 Å². The molecule has 0 unspecified atom stereocenters. The first-order valence-corrected chi connectivity index (χ1v) is 6.60. The summed E-state index contributed by atoms with van der Waals surface area (Å²) in [5.41, 5.74) is 0.614. The Labute approximate surface area is 119 Å². The Morgan fingerprint density at radius 3 is 2.20 bits per heavy atom. The van der Waals surface area contributed by atoms with Crippen LogP contribution in [0.4, 0.5) is 4.39 Å². The lowest BCUT2D eigenvalue weighted by Gasteiger charge is -2.05. The SMILES string of the molecule is CC(=O)c1ccc(Sc2cc(C(=O)O)ccc2F)cc1. The summed E-state index contributed by atoms with van der Waals surface area (Å²) in [4.78, 5) is 23.0. The number of carboxylic acids is 1. The van der Waals surface area contributed by atoms with Crippen LogP contribution in [0.2, 0.25) is 0 Å². The molecule has 0 aliphatic heterocycles. The third-order valence-corrected chi connectivity index (χ3v) is 3.71. The molecule has 0 saturated carbocycles. The lowest BCUT2D eigenvalue weighted by molar-refractivity contribution is 0.0696. The van der Waals surface area contributed by atoms with Crippen molar-refractivity contribution in [3.8, 4) is 0 Å². The van der Waals surface area contributed by atoms with E-state index in [0.29, 0.717) is 5.56 Å². The van der Waals surface area contributed by atoms with Crippen LogP contribution in [0.5, 0.6) is 0 Å². The highest BCUT2D eigenvalue weighted by Crippen LogP contribution is 2.30. The lowest BCUT2D eigenvalue weighted by Crippen LogP contribution is -1.97. The van der Waals surface area contributed by atoms with Crippen LogP contribution in [0.25, 0.3) is 0 Å². The maximum absolute atomic E-state index is 13.7. The fourth-order valence-corrected chi connectivity index (χ4v) is 2.48. The van der Waals surface area contributed by atoms with E-state index in [-0.39, 0.29) is 16.2 Å². The van der Waals surface area contributed by atoms with Crippen molar-refractivity contribution < 1.29 is 19.1 Å². The van der Waals surface area contributed by atoms with Gasteiger partial charge in [-0.1, -0.05) is 23.9 Å². The van der Waals surface area contributed by atoms with Crippen molar-refractivity contribution in [2.24, 2.45) is 0 Å². The van der Waals surface area contributed by atoms with Gasteiger partial charge in [0.2, 0.25) is 0 Å². The quantitative estimate of drug-likeness (QED) is 0.868. The predicted molar refractivity (Wildman–Crippen MR) is 73.9 cm³/mol. The monoisotopic (exact) mass is 290 g/mol. The van der Waals surface area contributed by atoms with Crippen molar-refractivity contribution in [3.05, 3.63) is 59.4 Å². The van der Waals surface area contributed by atoms with Crippen LogP contribution < -0.4 is 0 Å². The number of hydrogen-bond acceptors (Lipinski definition) is 3. The molecule has 0 aromatic heterocycles.